The molecule has 23 heavy (non-hydrogen) atoms. The standard InChI is InChI=1S/C16H14N4O3/c21-14(19-20-16(22)12-6-3-4-10-17-12)8-9-15-18-11-5-1-2-7-13(11)23-15/h1-7,10H,8-9H2,(H,19,21)(H,20,22). The molecule has 0 unspecified atom stereocenters. The van der Waals surface area contributed by atoms with Crippen LogP contribution >= 0.6 is 0 Å². The Labute approximate surface area is 131 Å². The van der Waals surface area contributed by atoms with Gasteiger partial charge in [-0.1, -0.05) is 18.2 Å². The molecular weight excluding hydrogens is 296 g/mol. The number of pyridine rings is 1. The summed E-state index contributed by atoms with van der Waals surface area (Å²) in [6.45, 7) is 0. The number of rotatable bonds is 4. The predicted octanol–water partition coefficient (Wildman–Crippen LogP) is 1.62. The fraction of sp³-hybridized carbons (Fsp3) is 0.125. The molecule has 0 saturated carbocycles. The van der Waals surface area contributed by atoms with Crippen molar-refractivity contribution in [1.82, 2.24) is 20.8 Å². The number of nitrogens with one attached hydrogen (secondary N) is 2. The van der Waals surface area contributed by atoms with Crippen LogP contribution in [0.2, 0.25) is 0 Å². The first-order valence-corrected chi connectivity index (χ1v) is 7.07. The maximum atomic E-state index is 11.8. The molecule has 7 heteroatoms. The summed E-state index contributed by atoms with van der Waals surface area (Å²) in [6, 6.07) is 12.3. The number of hydrazine groups is 1. The van der Waals surface area contributed by atoms with Gasteiger partial charge in [0.05, 0.1) is 0 Å². The Morgan fingerprint density at radius 1 is 1.04 bits per heavy atom. The third kappa shape index (κ3) is 3.70. The van der Waals surface area contributed by atoms with E-state index < -0.39 is 5.91 Å². The fourth-order valence-electron chi connectivity index (χ4n) is 2.00. The number of carbonyl (C=O) groups is 2. The fourth-order valence-corrected chi connectivity index (χ4v) is 2.00. The van der Waals surface area contributed by atoms with Gasteiger partial charge in [-0.2, -0.15) is 0 Å². The first-order valence-electron chi connectivity index (χ1n) is 7.07. The van der Waals surface area contributed by atoms with E-state index in [0.717, 1.165) is 5.52 Å². The lowest BCUT2D eigenvalue weighted by atomic mass is 10.3. The van der Waals surface area contributed by atoms with Crippen molar-refractivity contribution in [2.45, 2.75) is 12.8 Å². The van der Waals surface area contributed by atoms with Gasteiger partial charge in [-0.3, -0.25) is 25.4 Å². The Kier molecular flexibility index (Phi) is 4.28. The average molecular weight is 310 g/mol. The Morgan fingerprint density at radius 2 is 1.87 bits per heavy atom. The van der Waals surface area contributed by atoms with Crippen molar-refractivity contribution in [2.75, 3.05) is 0 Å². The number of nitrogens with zero attached hydrogens (tertiary/aromatic N) is 2. The molecular formula is C16H14N4O3. The summed E-state index contributed by atoms with van der Waals surface area (Å²) in [5.41, 5.74) is 6.32. The van der Waals surface area contributed by atoms with E-state index in [4.69, 9.17) is 4.42 Å². The summed E-state index contributed by atoms with van der Waals surface area (Å²) < 4.78 is 5.52. The van der Waals surface area contributed by atoms with Gasteiger partial charge in [-0.25, -0.2) is 4.98 Å². The molecule has 0 bridgehead atoms. The van der Waals surface area contributed by atoms with Crippen molar-refractivity contribution in [3.8, 4) is 0 Å². The minimum Gasteiger partial charge on any atom is -0.441 e. The molecule has 116 valence electrons. The molecule has 2 amide bonds. The van der Waals surface area contributed by atoms with Gasteiger partial charge in [-0.15, -0.1) is 0 Å². The number of carbonyl (C=O) groups excluding carboxylic acids is 2. The molecule has 0 aliphatic carbocycles. The molecule has 2 heterocycles. The average Bonchev–Trinajstić information content (AvgIpc) is 3.01. The van der Waals surface area contributed by atoms with E-state index in [1.54, 1.807) is 18.2 Å². The summed E-state index contributed by atoms with van der Waals surface area (Å²) in [5.74, 6) is -0.324. The third-order valence-electron chi connectivity index (χ3n) is 3.12. The second-order valence-corrected chi connectivity index (χ2v) is 4.79. The van der Waals surface area contributed by atoms with Crippen LogP contribution in [-0.2, 0) is 11.2 Å². The quantitative estimate of drug-likeness (QED) is 0.714. The van der Waals surface area contributed by atoms with Crippen LogP contribution in [0.25, 0.3) is 11.1 Å². The molecule has 0 spiro atoms. The van der Waals surface area contributed by atoms with Crippen LogP contribution in [0.3, 0.4) is 0 Å². The Balaban J connectivity index is 1.49. The van der Waals surface area contributed by atoms with E-state index in [1.165, 1.54) is 6.20 Å². The molecule has 3 aromatic rings. The van der Waals surface area contributed by atoms with E-state index >= 15 is 0 Å². The topological polar surface area (TPSA) is 97.1 Å². The normalized spacial score (nSPS) is 10.4. The number of amides is 2. The van der Waals surface area contributed by atoms with Crippen LogP contribution in [0.5, 0.6) is 0 Å². The minimum atomic E-state index is -0.471. The molecule has 0 aliphatic rings. The lowest BCUT2D eigenvalue weighted by Gasteiger charge is -2.05. The van der Waals surface area contributed by atoms with Gasteiger partial charge < -0.3 is 4.42 Å². The maximum absolute atomic E-state index is 11.8. The highest BCUT2D eigenvalue weighted by Gasteiger charge is 2.10. The molecule has 7 nitrogen and oxygen atoms in total. The van der Waals surface area contributed by atoms with Gasteiger partial charge in [0.15, 0.2) is 11.5 Å². The molecule has 0 atom stereocenters. The zero-order valence-electron chi connectivity index (χ0n) is 12.2. The largest absolute Gasteiger partial charge is 0.441 e. The number of hydrogen-bond acceptors (Lipinski definition) is 5. The second-order valence-electron chi connectivity index (χ2n) is 4.79. The molecule has 0 radical (unpaired) electrons. The van der Waals surface area contributed by atoms with Crippen molar-refractivity contribution in [2.24, 2.45) is 0 Å². The highest BCUT2D eigenvalue weighted by Crippen LogP contribution is 2.15. The van der Waals surface area contributed by atoms with Crippen LogP contribution < -0.4 is 10.9 Å². The monoisotopic (exact) mass is 310 g/mol. The zero-order chi connectivity index (χ0) is 16.1. The molecule has 0 saturated heterocycles. The van der Waals surface area contributed by atoms with E-state index in [0.29, 0.717) is 17.9 Å². The lowest BCUT2D eigenvalue weighted by molar-refractivity contribution is -0.121. The highest BCUT2D eigenvalue weighted by atomic mass is 16.3. The first-order chi connectivity index (χ1) is 11.2. The van der Waals surface area contributed by atoms with Crippen molar-refractivity contribution in [3.05, 3.63) is 60.2 Å². The Bertz CT molecular complexity index is 796. The summed E-state index contributed by atoms with van der Waals surface area (Å²) in [4.78, 5) is 31.6. The number of oxazole rings is 1. The van der Waals surface area contributed by atoms with E-state index in [1.807, 2.05) is 24.3 Å². The van der Waals surface area contributed by atoms with E-state index in [-0.39, 0.29) is 18.0 Å². The first kappa shape index (κ1) is 14.7. The van der Waals surface area contributed by atoms with Gasteiger partial charge in [-0.05, 0) is 24.3 Å². The van der Waals surface area contributed by atoms with Crippen molar-refractivity contribution < 1.29 is 14.0 Å². The molecule has 0 aliphatic heterocycles. The van der Waals surface area contributed by atoms with Crippen LogP contribution in [0.4, 0.5) is 0 Å². The van der Waals surface area contributed by atoms with Gasteiger partial charge in [0.2, 0.25) is 5.91 Å². The van der Waals surface area contributed by atoms with Crippen LogP contribution in [0, 0.1) is 0 Å². The maximum Gasteiger partial charge on any atom is 0.288 e. The smallest absolute Gasteiger partial charge is 0.288 e. The summed E-state index contributed by atoms with van der Waals surface area (Å²) >= 11 is 0. The lowest BCUT2D eigenvalue weighted by Crippen LogP contribution is -2.42. The number of aromatic nitrogens is 2. The number of benzene rings is 1. The molecule has 3 rings (SSSR count). The Hall–Kier alpha value is -3.22. The van der Waals surface area contributed by atoms with Crippen LogP contribution in [0.15, 0.2) is 53.1 Å². The van der Waals surface area contributed by atoms with E-state index in [2.05, 4.69) is 20.8 Å². The van der Waals surface area contributed by atoms with Gasteiger partial charge in [0.25, 0.3) is 5.91 Å². The van der Waals surface area contributed by atoms with Gasteiger partial charge in [0.1, 0.15) is 11.2 Å². The molecule has 1 aromatic carbocycles. The highest BCUT2D eigenvalue weighted by molar-refractivity contribution is 5.93. The van der Waals surface area contributed by atoms with Crippen LogP contribution in [0.1, 0.15) is 22.8 Å². The predicted molar refractivity (Wildman–Crippen MR) is 82.2 cm³/mol. The van der Waals surface area contributed by atoms with Crippen molar-refractivity contribution in [3.63, 3.8) is 0 Å². The number of fused-ring (bicyclic) bond motifs is 1. The summed E-state index contributed by atoms with van der Waals surface area (Å²) in [7, 11) is 0. The SMILES string of the molecule is O=C(CCc1nc2ccccc2o1)NNC(=O)c1ccccn1. The molecule has 0 fully saturated rings. The Morgan fingerprint density at radius 3 is 2.65 bits per heavy atom. The third-order valence-corrected chi connectivity index (χ3v) is 3.12. The van der Waals surface area contributed by atoms with Crippen molar-refractivity contribution in [1.29, 1.82) is 0 Å². The van der Waals surface area contributed by atoms with Crippen molar-refractivity contribution >= 4 is 22.9 Å². The van der Waals surface area contributed by atoms with E-state index in [9.17, 15) is 9.59 Å². The number of hydrogen-bond donors (Lipinski definition) is 2. The number of aryl methyl sites for hydroxylation is 1. The second kappa shape index (κ2) is 6.69. The van der Waals surface area contributed by atoms with Gasteiger partial charge >= 0.3 is 0 Å². The molecule has 2 N–H and O–H groups in total. The van der Waals surface area contributed by atoms with Gasteiger partial charge in [0, 0.05) is 19.0 Å². The minimum absolute atomic E-state index is 0.148. The number of para-hydroxylation sites is 2. The summed E-state index contributed by atoms with van der Waals surface area (Å²) in [5, 5.41) is 0. The molecule has 2 aromatic heterocycles. The summed E-state index contributed by atoms with van der Waals surface area (Å²) in [6.07, 6.45) is 2.00. The zero-order valence-corrected chi connectivity index (χ0v) is 12.2. The van der Waals surface area contributed by atoms with Crippen LogP contribution in [-0.4, -0.2) is 21.8 Å².